The van der Waals surface area contributed by atoms with Crippen LogP contribution < -0.4 is 10.6 Å². The van der Waals surface area contributed by atoms with Gasteiger partial charge in [0, 0.05) is 19.2 Å². The Hall–Kier alpha value is -1.99. The third-order valence-electron chi connectivity index (χ3n) is 4.21. The molecule has 0 aromatic heterocycles. The first-order valence-corrected chi connectivity index (χ1v) is 7.10. The van der Waals surface area contributed by atoms with Crippen LogP contribution in [0.3, 0.4) is 0 Å². The lowest BCUT2D eigenvalue weighted by molar-refractivity contribution is -0.383. The summed E-state index contributed by atoms with van der Waals surface area (Å²) in [5.41, 5.74) is 0.182. The van der Waals surface area contributed by atoms with Crippen LogP contribution in [-0.4, -0.2) is 48.5 Å². The fraction of sp³-hybridized carbons (Fsp3) is 0.500. The van der Waals surface area contributed by atoms with Gasteiger partial charge in [0.15, 0.2) is 0 Å². The minimum Gasteiger partial charge on any atom is -0.319 e. The number of para-hydroxylation sites is 2. The molecule has 1 amide bonds. The molecule has 112 valence electrons. The van der Waals surface area contributed by atoms with Gasteiger partial charge in [-0.25, -0.2) is 0 Å². The van der Waals surface area contributed by atoms with Gasteiger partial charge in [-0.05, 0) is 31.0 Å². The SMILES string of the molecule is O=C(CN1CC2CNCC2C1)Nc1ccccc1[N+](=O)[O-]. The molecule has 1 aromatic rings. The van der Waals surface area contributed by atoms with Crippen LogP contribution in [0, 0.1) is 22.0 Å². The zero-order valence-corrected chi connectivity index (χ0v) is 11.6. The highest BCUT2D eigenvalue weighted by atomic mass is 16.6. The van der Waals surface area contributed by atoms with Crippen LogP contribution in [0.15, 0.2) is 24.3 Å². The summed E-state index contributed by atoms with van der Waals surface area (Å²) in [6.07, 6.45) is 0. The number of nitro groups is 1. The highest BCUT2D eigenvalue weighted by molar-refractivity contribution is 5.94. The Bertz CT molecular complexity index is 551. The van der Waals surface area contributed by atoms with E-state index in [9.17, 15) is 14.9 Å². The number of hydrogen-bond acceptors (Lipinski definition) is 5. The molecule has 2 atom stereocenters. The number of amides is 1. The first-order valence-electron chi connectivity index (χ1n) is 7.10. The van der Waals surface area contributed by atoms with E-state index in [0.717, 1.165) is 26.2 Å². The van der Waals surface area contributed by atoms with Gasteiger partial charge in [-0.15, -0.1) is 0 Å². The predicted molar refractivity (Wildman–Crippen MR) is 78.0 cm³/mol. The molecule has 0 saturated carbocycles. The average molecular weight is 290 g/mol. The summed E-state index contributed by atoms with van der Waals surface area (Å²) < 4.78 is 0. The number of carbonyl (C=O) groups excluding carboxylic acids is 1. The largest absolute Gasteiger partial charge is 0.319 e. The van der Waals surface area contributed by atoms with Gasteiger partial charge in [-0.1, -0.05) is 12.1 Å². The highest BCUT2D eigenvalue weighted by Gasteiger charge is 2.36. The van der Waals surface area contributed by atoms with E-state index < -0.39 is 4.92 Å². The van der Waals surface area contributed by atoms with Crippen LogP contribution in [0.25, 0.3) is 0 Å². The van der Waals surface area contributed by atoms with Crippen molar-refractivity contribution >= 4 is 17.3 Å². The molecule has 2 fully saturated rings. The van der Waals surface area contributed by atoms with Gasteiger partial charge in [-0.3, -0.25) is 19.8 Å². The molecule has 0 aliphatic carbocycles. The van der Waals surface area contributed by atoms with E-state index in [-0.39, 0.29) is 17.3 Å². The van der Waals surface area contributed by atoms with E-state index >= 15 is 0 Å². The second-order valence-corrected chi connectivity index (χ2v) is 5.69. The van der Waals surface area contributed by atoms with Crippen LogP contribution in [-0.2, 0) is 4.79 Å². The van der Waals surface area contributed by atoms with E-state index in [0.29, 0.717) is 18.4 Å². The van der Waals surface area contributed by atoms with Crippen molar-refractivity contribution in [2.24, 2.45) is 11.8 Å². The zero-order valence-electron chi connectivity index (χ0n) is 11.6. The number of nitrogens with zero attached hydrogens (tertiary/aromatic N) is 2. The number of anilines is 1. The van der Waals surface area contributed by atoms with Crippen molar-refractivity contribution in [1.29, 1.82) is 0 Å². The number of likely N-dealkylation sites (tertiary alicyclic amines) is 1. The average Bonchev–Trinajstić information content (AvgIpc) is 2.99. The summed E-state index contributed by atoms with van der Waals surface area (Å²) in [5, 5.41) is 16.9. The number of fused-ring (bicyclic) bond motifs is 1. The van der Waals surface area contributed by atoms with Gasteiger partial charge in [-0.2, -0.15) is 0 Å². The Labute approximate surface area is 122 Å². The van der Waals surface area contributed by atoms with Crippen molar-refractivity contribution in [3.63, 3.8) is 0 Å². The topological polar surface area (TPSA) is 87.5 Å². The van der Waals surface area contributed by atoms with Gasteiger partial charge in [0.25, 0.3) is 5.69 Å². The maximum absolute atomic E-state index is 12.1. The van der Waals surface area contributed by atoms with E-state index in [1.807, 2.05) is 0 Å². The standard InChI is InChI=1S/C14H18N4O3/c19-14(9-17-7-10-5-15-6-11(10)8-17)16-12-3-1-2-4-13(12)18(20)21/h1-4,10-11,15H,5-9H2,(H,16,19). The molecule has 7 nitrogen and oxygen atoms in total. The number of rotatable bonds is 4. The molecule has 7 heteroatoms. The number of benzene rings is 1. The van der Waals surface area contributed by atoms with Crippen LogP contribution in [0.5, 0.6) is 0 Å². The molecule has 0 bridgehead atoms. The quantitative estimate of drug-likeness (QED) is 0.629. The number of nitro benzene ring substituents is 1. The van der Waals surface area contributed by atoms with E-state index in [1.54, 1.807) is 18.2 Å². The molecule has 2 heterocycles. The Morgan fingerprint density at radius 2 is 2.00 bits per heavy atom. The van der Waals surface area contributed by atoms with Crippen molar-refractivity contribution in [2.75, 3.05) is 38.0 Å². The third-order valence-corrected chi connectivity index (χ3v) is 4.21. The summed E-state index contributed by atoms with van der Waals surface area (Å²) in [7, 11) is 0. The van der Waals surface area contributed by atoms with E-state index in [2.05, 4.69) is 15.5 Å². The molecular weight excluding hydrogens is 272 g/mol. The molecule has 0 spiro atoms. The monoisotopic (exact) mass is 290 g/mol. The minimum atomic E-state index is -0.485. The Kier molecular flexibility index (Phi) is 3.85. The summed E-state index contributed by atoms with van der Waals surface area (Å²) >= 11 is 0. The molecule has 2 aliphatic rings. The van der Waals surface area contributed by atoms with Gasteiger partial charge in [0.05, 0.1) is 11.5 Å². The van der Waals surface area contributed by atoms with Crippen LogP contribution in [0.2, 0.25) is 0 Å². The molecule has 2 unspecified atom stereocenters. The van der Waals surface area contributed by atoms with Crippen molar-refractivity contribution in [2.45, 2.75) is 0 Å². The second-order valence-electron chi connectivity index (χ2n) is 5.69. The van der Waals surface area contributed by atoms with E-state index in [1.165, 1.54) is 6.07 Å². The van der Waals surface area contributed by atoms with Crippen LogP contribution in [0.1, 0.15) is 0 Å². The lowest BCUT2D eigenvalue weighted by Crippen LogP contribution is -2.33. The lowest BCUT2D eigenvalue weighted by atomic mass is 10.0. The van der Waals surface area contributed by atoms with Crippen LogP contribution in [0.4, 0.5) is 11.4 Å². The number of nitrogens with one attached hydrogen (secondary N) is 2. The number of carbonyl (C=O) groups is 1. The van der Waals surface area contributed by atoms with Crippen molar-refractivity contribution in [1.82, 2.24) is 10.2 Å². The maximum atomic E-state index is 12.1. The maximum Gasteiger partial charge on any atom is 0.292 e. The third kappa shape index (κ3) is 3.03. The molecular formula is C14H18N4O3. The molecule has 21 heavy (non-hydrogen) atoms. The van der Waals surface area contributed by atoms with Gasteiger partial charge >= 0.3 is 0 Å². The first kappa shape index (κ1) is 14.0. The summed E-state index contributed by atoms with van der Waals surface area (Å²) in [5.74, 6) is 1.06. The summed E-state index contributed by atoms with van der Waals surface area (Å²) in [6, 6.07) is 6.21. The molecule has 3 rings (SSSR count). The van der Waals surface area contributed by atoms with E-state index in [4.69, 9.17) is 0 Å². The zero-order chi connectivity index (χ0) is 14.8. The van der Waals surface area contributed by atoms with Crippen molar-refractivity contribution < 1.29 is 9.72 Å². The molecule has 0 radical (unpaired) electrons. The summed E-state index contributed by atoms with van der Waals surface area (Å²) in [6.45, 7) is 4.17. The van der Waals surface area contributed by atoms with Gasteiger partial charge in [0.2, 0.25) is 5.91 Å². The lowest BCUT2D eigenvalue weighted by Gasteiger charge is -2.16. The predicted octanol–water partition coefficient (Wildman–Crippen LogP) is 0.684. The minimum absolute atomic E-state index is 0.0756. The Morgan fingerprint density at radius 3 is 2.67 bits per heavy atom. The van der Waals surface area contributed by atoms with Crippen molar-refractivity contribution in [3.8, 4) is 0 Å². The fourth-order valence-electron chi connectivity index (χ4n) is 3.21. The molecule has 1 aromatic carbocycles. The normalized spacial score (nSPS) is 24.8. The first-order chi connectivity index (χ1) is 10.1. The molecule has 2 aliphatic heterocycles. The number of hydrogen-bond donors (Lipinski definition) is 2. The summed E-state index contributed by atoms with van der Waals surface area (Å²) in [4.78, 5) is 24.6. The van der Waals surface area contributed by atoms with Gasteiger partial charge in [0.1, 0.15) is 5.69 Å². The Balaban J connectivity index is 1.59. The second kappa shape index (κ2) is 5.79. The fourth-order valence-corrected chi connectivity index (χ4v) is 3.21. The van der Waals surface area contributed by atoms with Crippen molar-refractivity contribution in [3.05, 3.63) is 34.4 Å². The Morgan fingerprint density at radius 1 is 1.33 bits per heavy atom. The smallest absolute Gasteiger partial charge is 0.292 e. The molecule has 2 N–H and O–H groups in total. The van der Waals surface area contributed by atoms with Gasteiger partial charge < -0.3 is 10.6 Å². The highest BCUT2D eigenvalue weighted by Crippen LogP contribution is 2.26. The molecule has 2 saturated heterocycles. The van der Waals surface area contributed by atoms with Crippen LogP contribution >= 0.6 is 0 Å².